The highest BCUT2D eigenvalue weighted by atomic mass is 16.3. The highest BCUT2D eigenvalue weighted by Gasteiger charge is 2.34. The van der Waals surface area contributed by atoms with Gasteiger partial charge in [0.1, 0.15) is 5.69 Å². The quantitative estimate of drug-likeness (QED) is 0.822. The van der Waals surface area contributed by atoms with Crippen LogP contribution in [0.3, 0.4) is 0 Å². The second-order valence-corrected chi connectivity index (χ2v) is 5.86. The molecule has 2 N–H and O–H groups in total. The summed E-state index contributed by atoms with van der Waals surface area (Å²) >= 11 is 0. The van der Waals surface area contributed by atoms with Crippen LogP contribution in [0.1, 0.15) is 23.3 Å². The van der Waals surface area contributed by atoms with Crippen molar-refractivity contribution in [3.8, 4) is 0 Å². The van der Waals surface area contributed by atoms with Crippen LogP contribution < -0.4 is 10.2 Å². The third-order valence-corrected chi connectivity index (χ3v) is 3.91. The Morgan fingerprint density at radius 2 is 2.22 bits per heavy atom. The molecule has 0 bridgehead atoms. The van der Waals surface area contributed by atoms with Gasteiger partial charge in [0.25, 0.3) is 5.91 Å². The fourth-order valence-electron chi connectivity index (χ4n) is 2.75. The van der Waals surface area contributed by atoms with Gasteiger partial charge >= 0.3 is 0 Å². The number of amides is 1. The van der Waals surface area contributed by atoms with Crippen molar-refractivity contribution in [2.24, 2.45) is 7.05 Å². The molecule has 0 saturated carbocycles. The maximum absolute atomic E-state index is 12.1. The molecule has 0 unspecified atom stereocenters. The Balaban J connectivity index is 1.61. The van der Waals surface area contributed by atoms with Gasteiger partial charge in [0, 0.05) is 38.7 Å². The molecule has 23 heavy (non-hydrogen) atoms. The zero-order chi connectivity index (χ0) is 16.3. The van der Waals surface area contributed by atoms with Gasteiger partial charge in [0.05, 0.1) is 12.1 Å². The van der Waals surface area contributed by atoms with Crippen molar-refractivity contribution in [3.63, 3.8) is 0 Å². The van der Waals surface area contributed by atoms with E-state index in [1.54, 1.807) is 42.5 Å². The first-order valence-electron chi connectivity index (χ1n) is 7.58. The average Bonchev–Trinajstić information content (AvgIpc) is 3.00. The van der Waals surface area contributed by atoms with Gasteiger partial charge in [-0.1, -0.05) is 0 Å². The van der Waals surface area contributed by atoms with E-state index in [2.05, 4.69) is 20.4 Å². The number of hydrogen-bond acceptors (Lipinski definition) is 6. The number of β-amino-alcohol motifs (C(OH)–C–C–N with tert-alkyl or cyclic N) is 1. The van der Waals surface area contributed by atoms with E-state index in [4.69, 9.17) is 0 Å². The van der Waals surface area contributed by atoms with Crippen molar-refractivity contribution in [3.05, 3.63) is 36.4 Å². The molecule has 1 aliphatic rings. The first-order valence-corrected chi connectivity index (χ1v) is 7.58. The van der Waals surface area contributed by atoms with Gasteiger partial charge in [0.2, 0.25) is 5.95 Å². The maximum atomic E-state index is 12.1. The maximum Gasteiger partial charge on any atom is 0.271 e. The van der Waals surface area contributed by atoms with Crippen LogP contribution in [-0.4, -0.2) is 56.0 Å². The van der Waals surface area contributed by atoms with Crippen molar-refractivity contribution in [1.29, 1.82) is 0 Å². The molecule has 122 valence electrons. The molecule has 8 nitrogen and oxygen atoms in total. The summed E-state index contributed by atoms with van der Waals surface area (Å²) in [6.07, 6.45) is 6.50. The van der Waals surface area contributed by atoms with Crippen LogP contribution in [0.15, 0.2) is 30.7 Å². The topological polar surface area (TPSA) is 96.2 Å². The van der Waals surface area contributed by atoms with Gasteiger partial charge in [-0.05, 0) is 25.0 Å². The molecule has 0 aliphatic carbocycles. The number of aromatic nitrogens is 4. The standard InChI is InChI=1S/C15H20N6O2/c1-20-9-4-12(19-20)13(22)18-10-15(23)5-2-8-21(11-15)14-16-6-3-7-17-14/h3-4,6-7,9,23H,2,5,8,10-11H2,1H3,(H,18,22)/t15-/m0/s1. The minimum Gasteiger partial charge on any atom is -0.386 e. The lowest BCUT2D eigenvalue weighted by Crippen LogP contribution is -2.54. The number of nitrogens with one attached hydrogen (secondary N) is 1. The largest absolute Gasteiger partial charge is 0.386 e. The molecule has 3 heterocycles. The summed E-state index contributed by atoms with van der Waals surface area (Å²) in [5, 5.41) is 17.6. The van der Waals surface area contributed by atoms with E-state index in [0.29, 0.717) is 24.6 Å². The van der Waals surface area contributed by atoms with Crippen LogP contribution >= 0.6 is 0 Å². The van der Waals surface area contributed by atoms with Gasteiger partial charge in [-0.15, -0.1) is 0 Å². The molecule has 0 aromatic carbocycles. The van der Waals surface area contributed by atoms with Crippen molar-refractivity contribution < 1.29 is 9.90 Å². The molecule has 2 aromatic heterocycles. The molecule has 0 radical (unpaired) electrons. The van der Waals surface area contributed by atoms with Crippen LogP contribution in [0.4, 0.5) is 5.95 Å². The second-order valence-electron chi connectivity index (χ2n) is 5.86. The number of aliphatic hydroxyl groups is 1. The molecule has 8 heteroatoms. The van der Waals surface area contributed by atoms with E-state index < -0.39 is 5.60 Å². The zero-order valence-electron chi connectivity index (χ0n) is 13.0. The Morgan fingerprint density at radius 3 is 2.91 bits per heavy atom. The first-order chi connectivity index (χ1) is 11.1. The molecule has 3 rings (SSSR count). The highest BCUT2D eigenvalue weighted by molar-refractivity contribution is 5.92. The number of anilines is 1. The fraction of sp³-hybridized carbons (Fsp3) is 0.467. The molecule has 1 saturated heterocycles. The lowest BCUT2D eigenvalue weighted by Gasteiger charge is -2.39. The van der Waals surface area contributed by atoms with Crippen molar-refractivity contribution in [1.82, 2.24) is 25.1 Å². The number of rotatable bonds is 4. The van der Waals surface area contributed by atoms with Gasteiger partial charge in [-0.2, -0.15) is 5.10 Å². The summed E-state index contributed by atoms with van der Waals surface area (Å²) in [7, 11) is 1.75. The third-order valence-electron chi connectivity index (χ3n) is 3.91. The van der Waals surface area contributed by atoms with Crippen LogP contribution in [0.2, 0.25) is 0 Å². The summed E-state index contributed by atoms with van der Waals surface area (Å²) in [5.74, 6) is 0.314. The third kappa shape index (κ3) is 3.65. The molecule has 2 aromatic rings. The number of carbonyl (C=O) groups excluding carboxylic acids is 1. The molecule has 1 fully saturated rings. The second kappa shape index (κ2) is 6.33. The molecule has 1 atom stereocenters. The molecular weight excluding hydrogens is 296 g/mol. The molecular formula is C15H20N6O2. The van der Waals surface area contributed by atoms with Gasteiger partial charge in [-0.3, -0.25) is 9.48 Å². The zero-order valence-corrected chi connectivity index (χ0v) is 13.0. The molecule has 0 spiro atoms. The summed E-state index contributed by atoms with van der Waals surface area (Å²) in [6, 6.07) is 3.40. The summed E-state index contributed by atoms with van der Waals surface area (Å²) < 4.78 is 1.57. The van der Waals surface area contributed by atoms with Gasteiger partial charge in [-0.25, -0.2) is 9.97 Å². The molecule has 1 amide bonds. The lowest BCUT2D eigenvalue weighted by molar-refractivity contribution is 0.0251. The minimum atomic E-state index is -0.998. The van der Waals surface area contributed by atoms with Crippen molar-refractivity contribution in [2.75, 3.05) is 24.5 Å². The van der Waals surface area contributed by atoms with Crippen LogP contribution in [0.25, 0.3) is 0 Å². The van der Waals surface area contributed by atoms with E-state index in [1.165, 1.54) is 0 Å². The Kier molecular flexibility index (Phi) is 4.24. The Hall–Kier alpha value is -2.48. The van der Waals surface area contributed by atoms with E-state index in [1.807, 2.05) is 4.90 Å². The lowest BCUT2D eigenvalue weighted by atomic mass is 9.93. The monoisotopic (exact) mass is 316 g/mol. The fourth-order valence-corrected chi connectivity index (χ4v) is 2.75. The summed E-state index contributed by atoms with van der Waals surface area (Å²) in [6.45, 7) is 1.35. The van der Waals surface area contributed by atoms with Gasteiger partial charge < -0.3 is 15.3 Å². The number of nitrogens with zero attached hydrogens (tertiary/aromatic N) is 5. The Labute approximate surface area is 134 Å². The van der Waals surface area contributed by atoms with E-state index in [-0.39, 0.29) is 12.5 Å². The van der Waals surface area contributed by atoms with E-state index in [9.17, 15) is 9.90 Å². The van der Waals surface area contributed by atoms with Crippen LogP contribution in [-0.2, 0) is 7.05 Å². The number of carbonyl (C=O) groups is 1. The van der Waals surface area contributed by atoms with Crippen molar-refractivity contribution in [2.45, 2.75) is 18.4 Å². The summed E-state index contributed by atoms with van der Waals surface area (Å²) in [4.78, 5) is 22.4. The number of aryl methyl sites for hydroxylation is 1. The smallest absolute Gasteiger partial charge is 0.271 e. The number of hydrogen-bond donors (Lipinski definition) is 2. The van der Waals surface area contributed by atoms with Gasteiger partial charge in [0.15, 0.2) is 0 Å². The first kappa shape index (κ1) is 15.4. The Bertz CT molecular complexity index is 674. The summed E-state index contributed by atoms with van der Waals surface area (Å²) in [5.41, 5.74) is -0.655. The van der Waals surface area contributed by atoms with Crippen LogP contribution in [0, 0.1) is 0 Å². The van der Waals surface area contributed by atoms with Crippen LogP contribution in [0.5, 0.6) is 0 Å². The van der Waals surface area contributed by atoms with E-state index >= 15 is 0 Å². The normalized spacial score (nSPS) is 21.2. The highest BCUT2D eigenvalue weighted by Crippen LogP contribution is 2.23. The SMILES string of the molecule is Cn1ccc(C(=O)NC[C@@]2(O)CCCN(c3ncccn3)C2)n1. The van der Waals surface area contributed by atoms with E-state index in [0.717, 1.165) is 13.0 Å². The number of piperidine rings is 1. The molecule has 1 aliphatic heterocycles. The van der Waals surface area contributed by atoms with Crippen molar-refractivity contribution >= 4 is 11.9 Å². The minimum absolute atomic E-state index is 0.172. The predicted molar refractivity (Wildman–Crippen MR) is 84.0 cm³/mol. The average molecular weight is 316 g/mol. The predicted octanol–water partition coefficient (Wildman–Crippen LogP) is -0.0286. The Morgan fingerprint density at radius 1 is 1.43 bits per heavy atom.